The molecule has 2 aromatic rings. The van der Waals surface area contributed by atoms with E-state index in [2.05, 4.69) is 39.1 Å². The van der Waals surface area contributed by atoms with E-state index < -0.39 is 0 Å². The molecule has 3 rings (SSSR count). The molecule has 2 N–H and O–H groups in total. The molecule has 0 aliphatic heterocycles. The zero-order valence-electron chi connectivity index (χ0n) is 10.2. The number of anilines is 2. The zero-order valence-corrected chi connectivity index (χ0v) is 10.2. The summed E-state index contributed by atoms with van der Waals surface area (Å²) in [6, 6.07) is 11.0. The van der Waals surface area contributed by atoms with Gasteiger partial charge in [0, 0.05) is 12.6 Å². The predicted octanol–water partition coefficient (Wildman–Crippen LogP) is 2.23. The van der Waals surface area contributed by atoms with Crippen LogP contribution in [-0.2, 0) is 6.54 Å². The van der Waals surface area contributed by atoms with E-state index in [-0.39, 0.29) is 0 Å². The lowest BCUT2D eigenvalue weighted by atomic mass is 10.2. The van der Waals surface area contributed by atoms with Crippen LogP contribution in [0.15, 0.2) is 42.7 Å². The van der Waals surface area contributed by atoms with Crippen molar-refractivity contribution in [3.8, 4) is 0 Å². The van der Waals surface area contributed by atoms with Crippen LogP contribution in [0.5, 0.6) is 0 Å². The molecular formula is C14H16N4. The van der Waals surface area contributed by atoms with Gasteiger partial charge in [0.25, 0.3) is 0 Å². The van der Waals surface area contributed by atoms with Crippen LogP contribution in [0, 0.1) is 0 Å². The Labute approximate surface area is 106 Å². The summed E-state index contributed by atoms with van der Waals surface area (Å²) in [4.78, 5) is 10.9. The molecule has 0 unspecified atom stereocenters. The summed E-state index contributed by atoms with van der Waals surface area (Å²) in [5.41, 5.74) is 7.52. The fourth-order valence-corrected chi connectivity index (χ4v) is 2.01. The Bertz CT molecular complexity index is 505. The van der Waals surface area contributed by atoms with Gasteiger partial charge in [-0.2, -0.15) is 0 Å². The fraction of sp³-hybridized carbons (Fsp3) is 0.286. The Balaban J connectivity index is 1.82. The number of hydrogen-bond acceptors (Lipinski definition) is 4. The molecule has 1 aliphatic carbocycles. The lowest BCUT2D eigenvalue weighted by Gasteiger charge is -2.22. The molecule has 0 amide bonds. The van der Waals surface area contributed by atoms with Gasteiger partial charge < -0.3 is 10.6 Å². The highest BCUT2D eigenvalue weighted by Crippen LogP contribution is 2.31. The maximum absolute atomic E-state index is 5.63. The fourth-order valence-electron chi connectivity index (χ4n) is 2.01. The summed E-state index contributed by atoms with van der Waals surface area (Å²) in [7, 11) is 0. The van der Waals surface area contributed by atoms with Crippen LogP contribution in [-0.4, -0.2) is 16.0 Å². The van der Waals surface area contributed by atoms with Gasteiger partial charge in [-0.15, -0.1) is 0 Å². The van der Waals surface area contributed by atoms with Crippen LogP contribution in [0.4, 0.5) is 11.6 Å². The predicted molar refractivity (Wildman–Crippen MR) is 72.1 cm³/mol. The molecule has 92 valence electrons. The Morgan fingerprint density at radius 3 is 2.39 bits per heavy atom. The Hall–Kier alpha value is -2.10. The second-order valence-electron chi connectivity index (χ2n) is 4.66. The van der Waals surface area contributed by atoms with Gasteiger partial charge in [0.2, 0.25) is 5.95 Å². The van der Waals surface area contributed by atoms with Gasteiger partial charge in [-0.05, 0) is 18.4 Å². The van der Waals surface area contributed by atoms with E-state index in [0.29, 0.717) is 11.7 Å². The molecule has 1 aliphatic rings. The molecule has 0 saturated heterocycles. The first kappa shape index (κ1) is 11.0. The van der Waals surface area contributed by atoms with E-state index in [1.54, 1.807) is 12.4 Å². The van der Waals surface area contributed by atoms with Crippen LogP contribution >= 0.6 is 0 Å². The van der Waals surface area contributed by atoms with Gasteiger partial charge in [0.05, 0.1) is 18.1 Å². The molecule has 1 saturated carbocycles. The number of rotatable bonds is 4. The monoisotopic (exact) mass is 240 g/mol. The molecule has 4 heteroatoms. The highest BCUT2D eigenvalue weighted by atomic mass is 15.3. The Kier molecular flexibility index (Phi) is 2.84. The van der Waals surface area contributed by atoms with Crippen LogP contribution in [0.1, 0.15) is 18.4 Å². The normalized spacial score (nSPS) is 14.4. The average Bonchev–Trinajstić information content (AvgIpc) is 3.23. The van der Waals surface area contributed by atoms with Crippen molar-refractivity contribution in [3.05, 3.63) is 48.3 Å². The summed E-state index contributed by atoms with van der Waals surface area (Å²) < 4.78 is 0. The van der Waals surface area contributed by atoms with E-state index >= 15 is 0 Å². The molecule has 0 atom stereocenters. The van der Waals surface area contributed by atoms with E-state index in [0.717, 1.165) is 12.5 Å². The van der Waals surface area contributed by atoms with Crippen molar-refractivity contribution in [1.29, 1.82) is 0 Å². The maximum Gasteiger partial charge on any atom is 0.225 e. The minimum absolute atomic E-state index is 0.578. The molecule has 1 fully saturated rings. The molecule has 0 radical (unpaired) electrons. The second kappa shape index (κ2) is 4.64. The van der Waals surface area contributed by atoms with Crippen LogP contribution < -0.4 is 10.6 Å². The summed E-state index contributed by atoms with van der Waals surface area (Å²) in [6.45, 7) is 0.857. The topological polar surface area (TPSA) is 55.0 Å². The van der Waals surface area contributed by atoms with Gasteiger partial charge in [-0.25, -0.2) is 9.97 Å². The summed E-state index contributed by atoms with van der Waals surface area (Å²) in [5, 5.41) is 0. The lowest BCUT2D eigenvalue weighted by Crippen LogP contribution is -2.26. The van der Waals surface area contributed by atoms with Crippen LogP contribution in [0.3, 0.4) is 0 Å². The van der Waals surface area contributed by atoms with E-state index in [4.69, 9.17) is 5.73 Å². The van der Waals surface area contributed by atoms with Gasteiger partial charge in [0.15, 0.2) is 0 Å². The van der Waals surface area contributed by atoms with E-state index in [9.17, 15) is 0 Å². The van der Waals surface area contributed by atoms with Crippen molar-refractivity contribution in [2.24, 2.45) is 0 Å². The third-order valence-corrected chi connectivity index (χ3v) is 3.10. The molecule has 0 bridgehead atoms. The van der Waals surface area contributed by atoms with E-state index in [1.165, 1.54) is 18.4 Å². The summed E-state index contributed by atoms with van der Waals surface area (Å²) in [6.07, 6.45) is 5.78. The van der Waals surface area contributed by atoms with Crippen molar-refractivity contribution in [3.63, 3.8) is 0 Å². The maximum atomic E-state index is 5.63. The largest absolute Gasteiger partial charge is 0.396 e. The molecule has 4 nitrogen and oxygen atoms in total. The Morgan fingerprint density at radius 2 is 1.78 bits per heavy atom. The lowest BCUT2D eigenvalue weighted by molar-refractivity contribution is 0.759. The molecule has 1 heterocycles. The van der Waals surface area contributed by atoms with Crippen molar-refractivity contribution in [2.45, 2.75) is 25.4 Å². The third kappa shape index (κ3) is 2.42. The first-order chi connectivity index (χ1) is 8.83. The third-order valence-electron chi connectivity index (χ3n) is 3.10. The first-order valence-electron chi connectivity index (χ1n) is 6.21. The van der Waals surface area contributed by atoms with Gasteiger partial charge in [0.1, 0.15) is 0 Å². The van der Waals surface area contributed by atoms with Crippen molar-refractivity contribution < 1.29 is 0 Å². The number of aromatic nitrogens is 2. The number of nitrogens with two attached hydrogens (primary N) is 1. The number of nitrogens with zero attached hydrogens (tertiary/aromatic N) is 3. The second-order valence-corrected chi connectivity index (χ2v) is 4.66. The minimum atomic E-state index is 0.578. The highest BCUT2D eigenvalue weighted by Gasteiger charge is 2.30. The quantitative estimate of drug-likeness (QED) is 0.890. The SMILES string of the molecule is Nc1cnc(N(Cc2ccccc2)C2CC2)nc1. The highest BCUT2D eigenvalue weighted by molar-refractivity contribution is 5.40. The number of benzene rings is 1. The minimum Gasteiger partial charge on any atom is -0.396 e. The van der Waals surface area contributed by atoms with Crippen molar-refractivity contribution in [1.82, 2.24) is 9.97 Å². The van der Waals surface area contributed by atoms with Gasteiger partial charge in [-0.3, -0.25) is 0 Å². The molecule has 1 aromatic carbocycles. The van der Waals surface area contributed by atoms with Crippen molar-refractivity contribution in [2.75, 3.05) is 10.6 Å². The Morgan fingerprint density at radius 1 is 1.11 bits per heavy atom. The average molecular weight is 240 g/mol. The standard InChI is InChI=1S/C14H16N4/c15-12-8-16-14(17-9-12)18(13-6-7-13)10-11-4-2-1-3-5-11/h1-5,8-9,13H,6-7,10,15H2. The van der Waals surface area contributed by atoms with Crippen LogP contribution in [0.2, 0.25) is 0 Å². The van der Waals surface area contributed by atoms with Gasteiger partial charge in [-0.1, -0.05) is 30.3 Å². The summed E-state index contributed by atoms with van der Waals surface area (Å²) >= 11 is 0. The molecule has 18 heavy (non-hydrogen) atoms. The first-order valence-corrected chi connectivity index (χ1v) is 6.21. The molecule has 0 spiro atoms. The van der Waals surface area contributed by atoms with Gasteiger partial charge >= 0.3 is 0 Å². The van der Waals surface area contributed by atoms with Crippen LogP contribution in [0.25, 0.3) is 0 Å². The molecular weight excluding hydrogens is 224 g/mol. The summed E-state index contributed by atoms with van der Waals surface area (Å²) in [5.74, 6) is 0.774. The molecule has 1 aromatic heterocycles. The number of nitrogen functional groups attached to an aromatic ring is 1. The van der Waals surface area contributed by atoms with E-state index in [1.807, 2.05) is 6.07 Å². The zero-order chi connectivity index (χ0) is 12.4. The van der Waals surface area contributed by atoms with Crippen molar-refractivity contribution >= 4 is 11.6 Å². The smallest absolute Gasteiger partial charge is 0.225 e. The number of hydrogen-bond donors (Lipinski definition) is 1.